The Morgan fingerprint density at radius 1 is 1.33 bits per heavy atom. The maximum absolute atomic E-state index is 11.9. The molecule has 0 amide bonds. The van der Waals surface area contributed by atoms with Gasteiger partial charge in [-0.2, -0.15) is 0 Å². The summed E-state index contributed by atoms with van der Waals surface area (Å²) in [4.78, 5) is 21.1. The van der Waals surface area contributed by atoms with Gasteiger partial charge in [-0.15, -0.1) is 11.8 Å². The van der Waals surface area contributed by atoms with Gasteiger partial charge in [-0.1, -0.05) is 0 Å². The summed E-state index contributed by atoms with van der Waals surface area (Å²) in [5.74, 6) is 0.885. The number of methoxy groups -OCH3 is 2. The Morgan fingerprint density at radius 3 is 2.52 bits per heavy atom. The van der Waals surface area contributed by atoms with E-state index in [1.807, 2.05) is 19.2 Å². The van der Waals surface area contributed by atoms with Gasteiger partial charge in [0, 0.05) is 18.7 Å². The number of nitrogens with zero attached hydrogens (tertiary/aromatic N) is 2. The van der Waals surface area contributed by atoms with E-state index in [4.69, 9.17) is 9.47 Å². The number of esters is 1. The maximum atomic E-state index is 11.9. The molecule has 0 spiro atoms. The van der Waals surface area contributed by atoms with E-state index in [2.05, 4.69) is 9.97 Å². The molecule has 0 saturated heterocycles. The van der Waals surface area contributed by atoms with Gasteiger partial charge in [0.2, 0.25) is 0 Å². The van der Waals surface area contributed by atoms with Crippen LogP contribution in [0, 0.1) is 6.92 Å². The number of aryl methyl sites for hydroxylation is 1. The Kier molecular flexibility index (Phi) is 5.22. The highest BCUT2D eigenvalue weighted by Gasteiger charge is 2.44. The zero-order chi connectivity index (χ0) is 15.5. The summed E-state index contributed by atoms with van der Waals surface area (Å²) in [6.07, 6.45) is 4.97. The van der Waals surface area contributed by atoms with Gasteiger partial charge in [-0.25, -0.2) is 14.8 Å². The van der Waals surface area contributed by atoms with Crippen molar-refractivity contribution in [2.45, 2.75) is 49.2 Å². The molecular weight excluding hydrogens is 288 g/mol. The smallest absolute Gasteiger partial charge is 0.338 e. The van der Waals surface area contributed by atoms with Crippen LogP contribution in [0.25, 0.3) is 0 Å². The van der Waals surface area contributed by atoms with E-state index in [-0.39, 0.29) is 11.9 Å². The number of thioether (sulfide) groups is 1. The summed E-state index contributed by atoms with van der Waals surface area (Å²) in [5, 5.41) is 0.994. The Hall–Kier alpha value is -1.14. The van der Waals surface area contributed by atoms with Crippen molar-refractivity contribution < 1.29 is 14.3 Å². The fourth-order valence-electron chi connectivity index (χ4n) is 2.87. The molecule has 1 saturated carbocycles. The first-order chi connectivity index (χ1) is 10.0. The molecule has 1 aliphatic rings. The van der Waals surface area contributed by atoms with Gasteiger partial charge in [0.1, 0.15) is 5.82 Å². The van der Waals surface area contributed by atoms with Crippen LogP contribution < -0.4 is 0 Å². The van der Waals surface area contributed by atoms with Gasteiger partial charge in [-0.3, -0.25) is 0 Å². The van der Waals surface area contributed by atoms with E-state index in [1.165, 1.54) is 7.11 Å². The van der Waals surface area contributed by atoms with Gasteiger partial charge in [0.25, 0.3) is 0 Å². The van der Waals surface area contributed by atoms with E-state index in [9.17, 15) is 4.79 Å². The van der Waals surface area contributed by atoms with Crippen molar-refractivity contribution in [3.05, 3.63) is 17.6 Å². The van der Waals surface area contributed by atoms with E-state index in [0.29, 0.717) is 12.8 Å². The highest BCUT2D eigenvalue weighted by molar-refractivity contribution is 7.98. The Morgan fingerprint density at radius 2 is 2.00 bits per heavy atom. The number of carbonyl (C=O) groups excluding carboxylic acids is 1. The lowest BCUT2D eigenvalue weighted by molar-refractivity contribution is -0.170. The molecule has 5 nitrogen and oxygen atoms in total. The molecule has 21 heavy (non-hydrogen) atoms. The zero-order valence-corrected chi connectivity index (χ0v) is 13.8. The fraction of sp³-hybridized carbons (Fsp3) is 0.667. The van der Waals surface area contributed by atoms with Gasteiger partial charge in [-0.05, 0) is 44.9 Å². The Bertz CT molecular complexity index is 514. The summed E-state index contributed by atoms with van der Waals surface area (Å²) in [6, 6.07) is 1.99. The number of rotatable bonds is 4. The highest BCUT2D eigenvalue weighted by atomic mass is 32.2. The molecule has 6 heteroatoms. The largest absolute Gasteiger partial charge is 0.467 e. The molecular formula is C15H22N2O3S. The minimum atomic E-state index is -0.794. The molecule has 1 fully saturated rings. The van der Waals surface area contributed by atoms with E-state index in [1.54, 1.807) is 18.9 Å². The maximum Gasteiger partial charge on any atom is 0.338 e. The third-order valence-electron chi connectivity index (χ3n) is 4.16. The lowest BCUT2D eigenvalue weighted by Gasteiger charge is -2.36. The molecule has 116 valence electrons. The number of ether oxygens (including phenoxy) is 2. The van der Waals surface area contributed by atoms with Gasteiger partial charge in [0.15, 0.2) is 5.60 Å². The van der Waals surface area contributed by atoms with Gasteiger partial charge >= 0.3 is 5.97 Å². The fourth-order valence-corrected chi connectivity index (χ4v) is 3.34. The molecule has 1 aromatic rings. The van der Waals surface area contributed by atoms with Crippen molar-refractivity contribution in [2.75, 3.05) is 20.5 Å². The van der Waals surface area contributed by atoms with Gasteiger partial charge in [0.05, 0.1) is 12.1 Å². The first-order valence-corrected chi connectivity index (χ1v) is 8.30. The number of carbonyl (C=O) groups is 1. The normalized spacial score (nSPS) is 25.6. The molecule has 1 aliphatic carbocycles. The summed E-state index contributed by atoms with van der Waals surface area (Å²) in [5.41, 5.74) is 0.193. The molecule has 0 aliphatic heterocycles. The molecule has 0 bridgehead atoms. The number of hydrogen-bond donors (Lipinski definition) is 0. The second-order valence-corrected chi connectivity index (χ2v) is 6.20. The molecule has 1 heterocycles. The molecule has 0 N–H and O–H groups in total. The average Bonchev–Trinajstić information content (AvgIpc) is 2.53. The van der Waals surface area contributed by atoms with Crippen LogP contribution in [-0.4, -0.2) is 42.0 Å². The van der Waals surface area contributed by atoms with Crippen LogP contribution in [0.15, 0.2) is 11.1 Å². The minimum Gasteiger partial charge on any atom is -0.467 e. The zero-order valence-electron chi connectivity index (χ0n) is 13.0. The van der Waals surface area contributed by atoms with Crippen LogP contribution in [0.2, 0.25) is 0 Å². The lowest BCUT2D eigenvalue weighted by Crippen LogP contribution is -2.44. The van der Waals surface area contributed by atoms with Crippen molar-refractivity contribution >= 4 is 17.7 Å². The molecule has 1 aromatic heterocycles. The first kappa shape index (κ1) is 16.2. The topological polar surface area (TPSA) is 61.3 Å². The predicted molar refractivity (Wildman–Crippen MR) is 81.5 cm³/mol. The number of aromatic nitrogens is 2. The highest BCUT2D eigenvalue weighted by Crippen LogP contribution is 2.39. The molecule has 0 radical (unpaired) electrons. The number of hydrogen-bond acceptors (Lipinski definition) is 6. The van der Waals surface area contributed by atoms with Crippen LogP contribution in [-0.2, 0) is 14.3 Å². The van der Waals surface area contributed by atoms with Crippen molar-refractivity contribution in [1.29, 1.82) is 0 Å². The van der Waals surface area contributed by atoms with Crippen molar-refractivity contribution in [1.82, 2.24) is 9.97 Å². The molecule has 0 aromatic carbocycles. The van der Waals surface area contributed by atoms with Crippen molar-refractivity contribution in [3.8, 4) is 0 Å². The Labute approximate surface area is 129 Å². The first-order valence-electron chi connectivity index (χ1n) is 7.08. The van der Waals surface area contributed by atoms with Crippen molar-refractivity contribution in [2.24, 2.45) is 0 Å². The third kappa shape index (κ3) is 3.37. The molecule has 0 unspecified atom stereocenters. The van der Waals surface area contributed by atoms with E-state index < -0.39 is 5.60 Å². The van der Waals surface area contributed by atoms with Crippen molar-refractivity contribution in [3.63, 3.8) is 0 Å². The van der Waals surface area contributed by atoms with Crippen LogP contribution in [0.5, 0.6) is 0 Å². The second kappa shape index (κ2) is 6.75. The third-order valence-corrected chi connectivity index (χ3v) is 4.79. The van der Waals surface area contributed by atoms with Crippen LogP contribution in [0.1, 0.15) is 43.1 Å². The van der Waals surface area contributed by atoms with Crippen LogP contribution in [0.3, 0.4) is 0 Å². The monoisotopic (exact) mass is 310 g/mol. The summed E-state index contributed by atoms with van der Waals surface area (Å²) in [6.45, 7) is 1.99. The quantitative estimate of drug-likeness (QED) is 0.484. The minimum absolute atomic E-state index is 0.279. The van der Waals surface area contributed by atoms with Crippen LogP contribution in [0.4, 0.5) is 0 Å². The molecule has 2 rings (SSSR count). The van der Waals surface area contributed by atoms with Crippen LogP contribution >= 0.6 is 11.8 Å². The summed E-state index contributed by atoms with van der Waals surface area (Å²) >= 11 is 1.62. The Balaban J connectivity index is 2.13. The standard InChI is InChI=1S/C15H22N2O3S/c1-10-9-12(21-4)17-13(16-10)11-5-7-15(20-3,8-6-11)14(18)19-2/h9,11H,5-8H2,1-4H3. The average molecular weight is 310 g/mol. The van der Waals surface area contributed by atoms with Gasteiger partial charge < -0.3 is 9.47 Å². The SMILES string of the molecule is COC(=O)C1(OC)CCC(c2nc(C)cc(SC)n2)CC1. The second-order valence-electron chi connectivity index (χ2n) is 5.37. The molecule has 0 atom stereocenters. The van der Waals surface area contributed by atoms with E-state index in [0.717, 1.165) is 29.4 Å². The van der Waals surface area contributed by atoms with E-state index >= 15 is 0 Å². The predicted octanol–water partition coefficient (Wildman–Crippen LogP) is 2.72. The summed E-state index contributed by atoms with van der Waals surface area (Å²) in [7, 11) is 2.98. The summed E-state index contributed by atoms with van der Waals surface area (Å²) < 4.78 is 10.3. The lowest BCUT2D eigenvalue weighted by atomic mass is 9.78.